The predicted octanol–water partition coefficient (Wildman–Crippen LogP) is 5.12. The molecule has 8 heteroatoms. The van der Waals surface area contributed by atoms with Gasteiger partial charge in [0.05, 0.1) is 5.69 Å². The number of anilines is 1. The molecule has 0 unspecified atom stereocenters. The van der Waals surface area contributed by atoms with E-state index in [1.165, 1.54) is 12.1 Å². The Morgan fingerprint density at radius 3 is 2.14 bits per heavy atom. The van der Waals surface area contributed by atoms with E-state index in [2.05, 4.69) is 5.32 Å². The molecule has 1 aliphatic rings. The molecule has 0 atom stereocenters. The highest BCUT2D eigenvalue weighted by Gasteiger charge is 2.29. The average Bonchev–Trinajstić information content (AvgIpc) is 3.15. The number of fused-ring (bicyclic) bond motifs is 3. The van der Waals surface area contributed by atoms with E-state index >= 15 is 0 Å². The SMILES string of the molecule is CC(C)N(CC(=O)O)C(=O)c1ccc(NC(=O)OCC2c3ccccc3-c3ccccc32)c(F)c1. The van der Waals surface area contributed by atoms with Crippen molar-refractivity contribution in [2.45, 2.75) is 25.8 Å². The van der Waals surface area contributed by atoms with Gasteiger partial charge in [0.1, 0.15) is 19.0 Å². The molecule has 0 fully saturated rings. The van der Waals surface area contributed by atoms with Crippen LogP contribution in [0.3, 0.4) is 0 Å². The van der Waals surface area contributed by atoms with Gasteiger partial charge in [0.2, 0.25) is 0 Å². The zero-order valence-electron chi connectivity index (χ0n) is 19.3. The van der Waals surface area contributed by atoms with Gasteiger partial charge in [0.15, 0.2) is 0 Å². The summed E-state index contributed by atoms with van der Waals surface area (Å²) in [5.74, 6) is -2.74. The van der Waals surface area contributed by atoms with Gasteiger partial charge in [-0.25, -0.2) is 9.18 Å². The van der Waals surface area contributed by atoms with Crippen LogP contribution in [-0.2, 0) is 9.53 Å². The molecule has 0 radical (unpaired) electrons. The summed E-state index contributed by atoms with van der Waals surface area (Å²) in [6, 6.07) is 19.0. The fraction of sp³-hybridized carbons (Fsp3) is 0.222. The van der Waals surface area contributed by atoms with E-state index in [1.807, 2.05) is 48.5 Å². The average molecular weight is 477 g/mol. The van der Waals surface area contributed by atoms with Crippen LogP contribution in [0.4, 0.5) is 14.9 Å². The van der Waals surface area contributed by atoms with Crippen molar-refractivity contribution >= 4 is 23.7 Å². The predicted molar refractivity (Wildman–Crippen MR) is 129 cm³/mol. The molecule has 7 nitrogen and oxygen atoms in total. The topological polar surface area (TPSA) is 95.9 Å². The van der Waals surface area contributed by atoms with Crippen molar-refractivity contribution in [1.82, 2.24) is 4.90 Å². The zero-order chi connectivity index (χ0) is 25.1. The molecule has 0 spiro atoms. The summed E-state index contributed by atoms with van der Waals surface area (Å²) in [5, 5.41) is 11.4. The Hall–Kier alpha value is -4.20. The third kappa shape index (κ3) is 5.01. The van der Waals surface area contributed by atoms with E-state index in [9.17, 15) is 18.8 Å². The number of carboxylic acid groups (broad SMARTS) is 1. The van der Waals surface area contributed by atoms with Gasteiger partial charge in [0.25, 0.3) is 5.91 Å². The molecular weight excluding hydrogens is 451 g/mol. The van der Waals surface area contributed by atoms with Gasteiger partial charge in [-0.15, -0.1) is 0 Å². The lowest BCUT2D eigenvalue weighted by Gasteiger charge is -2.25. The summed E-state index contributed by atoms with van der Waals surface area (Å²) in [7, 11) is 0. The molecular formula is C27H25FN2O5. The second kappa shape index (κ2) is 9.97. The monoisotopic (exact) mass is 476 g/mol. The number of aliphatic carboxylic acids is 1. The van der Waals surface area contributed by atoms with E-state index in [1.54, 1.807) is 13.8 Å². The number of carboxylic acids is 1. The van der Waals surface area contributed by atoms with Gasteiger partial charge < -0.3 is 14.7 Å². The summed E-state index contributed by atoms with van der Waals surface area (Å²) in [6.45, 7) is 2.92. The van der Waals surface area contributed by atoms with Crippen LogP contribution in [0.25, 0.3) is 11.1 Å². The molecule has 3 aromatic carbocycles. The summed E-state index contributed by atoms with van der Waals surface area (Å²) < 4.78 is 20.1. The fourth-order valence-corrected chi connectivity index (χ4v) is 4.29. The Morgan fingerprint density at radius 2 is 1.60 bits per heavy atom. The van der Waals surface area contributed by atoms with Crippen LogP contribution in [0.15, 0.2) is 66.7 Å². The maximum atomic E-state index is 14.7. The molecule has 0 aromatic heterocycles. The lowest BCUT2D eigenvalue weighted by Crippen LogP contribution is -2.40. The first-order valence-corrected chi connectivity index (χ1v) is 11.2. The lowest BCUT2D eigenvalue weighted by atomic mass is 9.98. The molecule has 0 saturated heterocycles. The van der Waals surface area contributed by atoms with Crippen molar-refractivity contribution < 1.29 is 28.6 Å². The normalized spacial score (nSPS) is 12.1. The maximum Gasteiger partial charge on any atom is 0.411 e. The number of hydrogen-bond donors (Lipinski definition) is 2. The van der Waals surface area contributed by atoms with Crippen molar-refractivity contribution in [2.24, 2.45) is 0 Å². The van der Waals surface area contributed by atoms with Crippen molar-refractivity contribution in [1.29, 1.82) is 0 Å². The molecule has 3 aromatic rings. The van der Waals surface area contributed by atoms with Crippen molar-refractivity contribution in [3.8, 4) is 11.1 Å². The number of nitrogens with zero attached hydrogens (tertiary/aromatic N) is 1. The van der Waals surface area contributed by atoms with Gasteiger partial charge in [-0.05, 0) is 54.3 Å². The number of nitrogens with one attached hydrogen (secondary N) is 1. The highest BCUT2D eigenvalue weighted by atomic mass is 19.1. The Balaban J connectivity index is 1.43. The Morgan fingerprint density at radius 1 is 1.00 bits per heavy atom. The summed E-state index contributed by atoms with van der Waals surface area (Å²) >= 11 is 0. The number of carbonyl (C=O) groups excluding carboxylic acids is 2. The van der Waals surface area contributed by atoms with Crippen molar-refractivity contribution in [3.05, 3.63) is 89.2 Å². The number of amides is 2. The highest BCUT2D eigenvalue weighted by Crippen LogP contribution is 2.44. The molecule has 0 heterocycles. The molecule has 2 N–H and O–H groups in total. The first kappa shape index (κ1) is 23.9. The second-order valence-corrected chi connectivity index (χ2v) is 8.57. The number of ether oxygens (including phenoxy) is 1. The van der Waals surface area contributed by atoms with E-state index in [-0.39, 0.29) is 29.8 Å². The van der Waals surface area contributed by atoms with Crippen LogP contribution in [0.5, 0.6) is 0 Å². The third-order valence-corrected chi connectivity index (χ3v) is 5.99. The van der Waals surface area contributed by atoms with E-state index in [0.717, 1.165) is 33.2 Å². The standard InChI is InChI=1S/C27H25FN2O5/c1-16(2)30(14-25(31)32)26(33)17-11-12-24(23(28)13-17)29-27(34)35-15-22-20-9-5-3-7-18(20)19-8-4-6-10-21(19)22/h3-13,16,22H,14-15H2,1-2H3,(H,29,34)(H,31,32). The van der Waals surface area contributed by atoms with Gasteiger partial charge >= 0.3 is 12.1 Å². The Labute approximate surface area is 202 Å². The number of carbonyl (C=O) groups is 3. The highest BCUT2D eigenvalue weighted by molar-refractivity contribution is 5.97. The number of rotatable bonds is 7. The molecule has 1 aliphatic carbocycles. The van der Waals surface area contributed by atoms with Gasteiger partial charge in [-0.3, -0.25) is 14.9 Å². The van der Waals surface area contributed by atoms with Gasteiger partial charge in [-0.1, -0.05) is 48.5 Å². The molecule has 180 valence electrons. The van der Waals surface area contributed by atoms with Gasteiger partial charge in [0, 0.05) is 17.5 Å². The van der Waals surface area contributed by atoms with Crippen LogP contribution in [-0.4, -0.2) is 47.2 Å². The molecule has 0 saturated carbocycles. The number of benzene rings is 3. The zero-order valence-corrected chi connectivity index (χ0v) is 19.3. The molecule has 0 aliphatic heterocycles. The van der Waals surface area contributed by atoms with Crippen LogP contribution in [0.1, 0.15) is 41.3 Å². The summed E-state index contributed by atoms with van der Waals surface area (Å²) in [4.78, 5) is 37.3. The third-order valence-electron chi connectivity index (χ3n) is 5.99. The Kier molecular flexibility index (Phi) is 6.82. The fourth-order valence-electron chi connectivity index (χ4n) is 4.29. The minimum absolute atomic E-state index is 0.0180. The quantitative estimate of drug-likeness (QED) is 0.493. The van der Waals surface area contributed by atoms with Crippen LogP contribution >= 0.6 is 0 Å². The molecule has 35 heavy (non-hydrogen) atoms. The lowest BCUT2D eigenvalue weighted by molar-refractivity contribution is -0.138. The second-order valence-electron chi connectivity index (χ2n) is 8.57. The molecule has 2 amide bonds. The summed E-state index contributed by atoms with van der Waals surface area (Å²) in [6.07, 6.45) is -0.820. The van der Waals surface area contributed by atoms with Crippen molar-refractivity contribution in [3.63, 3.8) is 0 Å². The molecule has 0 bridgehead atoms. The van der Waals surface area contributed by atoms with Crippen molar-refractivity contribution in [2.75, 3.05) is 18.5 Å². The Bertz CT molecular complexity index is 1240. The largest absolute Gasteiger partial charge is 0.480 e. The number of hydrogen-bond acceptors (Lipinski definition) is 4. The smallest absolute Gasteiger partial charge is 0.411 e. The summed E-state index contributed by atoms with van der Waals surface area (Å²) in [5.41, 5.74) is 4.16. The van der Waals surface area contributed by atoms with Crippen LogP contribution in [0.2, 0.25) is 0 Å². The first-order valence-electron chi connectivity index (χ1n) is 11.2. The van der Waals surface area contributed by atoms with E-state index in [4.69, 9.17) is 9.84 Å². The number of halogens is 1. The van der Waals surface area contributed by atoms with E-state index in [0.29, 0.717) is 0 Å². The molecule has 4 rings (SSSR count). The van der Waals surface area contributed by atoms with E-state index < -0.39 is 30.3 Å². The minimum Gasteiger partial charge on any atom is -0.480 e. The first-order chi connectivity index (χ1) is 16.8. The minimum atomic E-state index is -1.17. The van der Waals surface area contributed by atoms with Crippen LogP contribution < -0.4 is 5.32 Å². The van der Waals surface area contributed by atoms with Crippen LogP contribution in [0, 0.1) is 5.82 Å². The maximum absolute atomic E-state index is 14.7. The van der Waals surface area contributed by atoms with Gasteiger partial charge in [-0.2, -0.15) is 0 Å².